The maximum Gasteiger partial charge on any atom is 0.230 e. The Bertz CT molecular complexity index is 437. The van der Waals surface area contributed by atoms with E-state index in [2.05, 4.69) is 12.2 Å². The van der Waals surface area contributed by atoms with Gasteiger partial charge in [0.2, 0.25) is 5.91 Å². The van der Waals surface area contributed by atoms with Gasteiger partial charge < -0.3 is 15.8 Å². The predicted molar refractivity (Wildman–Crippen MR) is 89.2 cm³/mol. The summed E-state index contributed by atoms with van der Waals surface area (Å²) >= 11 is 5.02. The molecule has 0 aliphatic heterocycles. The lowest BCUT2D eigenvalue weighted by molar-refractivity contribution is -0.123. The minimum Gasteiger partial charge on any atom is -0.393 e. The van der Waals surface area contributed by atoms with Crippen LogP contribution < -0.4 is 11.1 Å². The summed E-state index contributed by atoms with van der Waals surface area (Å²) in [6.07, 6.45) is 2.34. The zero-order valence-corrected chi connectivity index (χ0v) is 13.3. The molecule has 0 bridgehead atoms. The fourth-order valence-corrected chi connectivity index (χ4v) is 2.12. The van der Waals surface area contributed by atoms with Crippen LogP contribution in [-0.4, -0.2) is 30.7 Å². The first-order valence-electron chi connectivity index (χ1n) is 7.33. The maximum absolute atomic E-state index is 12.2. The summed E-state index contributed by atoms with van der Waals surface area (Å²) in [6.45, 7) is 4.07. The lowest BCUT2D eigenvalue weighted by Crippen LogP contribution is -2.39. The van der Waals surface area contributed by atoms with E-state index in [1.807, 2.05) is 30.3 Å². The average Bonchev–Trinajstić information content (AvgIpc) is 2.49. The van der Waals surface area contributed by atoms with E-state index in [1.165, 1.54) is 0 Å². The van der Waals surface area contributed by atoms with E-state index >= 15 is 0 Å². The van der Waals surface area contributed by atoms with Crippen LogP contribution in [0.15, 0.2) is 30.3 Å². The number of ether oxygens (including phenoxy) is 1. The van der Waals surface area contributed by atoms with E-state index in [0.717, 1.165) is 25.0 Å². The zero-order valence-electron chi connectivity index (χ0n) is 12.5. The van der Waals surface area contributed by atoms with E-state index < -0.39 is 5.92 Å². The first-order valence-corrected chi connectivity index (χ1v) is 7.74. The van der Waals surface area contributed by atoms with Gasteiger partial charge in [0.25, 0.3) is 0 Å². The molecule has 1 atom stereocenters. The summed E-state index contributed by atoms with van der Waals surface area (Å²) in [5.74, 6) is -0.569. The van der Waals surface area contributed by atoms with Crippen LogP contribution in [0, 0.1) is 5.92 Å². The van der Waals surface area contributed by atoms with Gasteiger partial charge in [0.15, 0.2) is 0 Å². The minimum atomic E-state index is -0.459. The van der Waals surface area contributed by atoms with Crippen LogP contribution in [0.2, 0.25) is 0 Å². The van der Waals surface area contributed by atoms with Gasteiger partial charge in [0, 0.05) is 19.8 Å². The first-order chi connectivity index (χ1) is 10.1. The molecule has 1 aromatic carbocycles. The molecule has 0 saturated carbocycles. The molecular weight excluding hydrogens is 284 g/mol. The second-order valence-corrected chi connectivity index (χ2v) is 5.37. The Balaban J connectivity index is 2.38. The van der Waals surface area contributed by atoms with Gasteiger partial charge >= 0.3 is 0 Å². The monoisotopic (exact) mass is 308 g/mol. The fraction of sp³-hybridized carbons (Fsp3) is 0.500. The van der Waals surface area contributed by atoms with Crippen molar-refractivity contribution in [1.82, 2.24) is 5.32 Å². The van der Waals surface area contributed by atoms with Gasteiger partial charge in [-0.2, -0.15) is 0 Å². The third-order valence-corrected chi connectivity index (χ3v) is 3.34. The molecule has 0 radical (unpaired) electrons. The van der Waals surface area contributed by atoms with E-state index in [4.69, 9.17) is 22.7 Å². The van der Waals surface area contributed by atoms with Gasteiger partial charge in [0.05, 0.1) is 10.9 Å². The lowest BCUT2D eigenvalue weighted by atomic mass is 9.98. The Kier molecular flexibility index (Phi) is 8.62. The van der Waals surface area contributed by atoms with Crippen LogP contribution >= 0.6 is 12.2 Å². The molecular formula is C16H24N2O2S. The summed E-state index contributed by atoms with van der Waals surface area (Å²) in [5.41, 5.74) is 6.75. The van der Waals surface area contributed by atoms with E-state index in [0.29, 0.717) is 19.6 Å². The quantitative estimate of drug-likeness (QED) is 0.513. The summed E-state index contributed by atoms with van der Waals surface area (Å²) in [6, 6.07) is 9.76. The van der Waals surface area contributed by atoms with Crippen LogP contribution in [0.4, 0.5) is 0 Å². The van der Waals surface area contributed by atoms with Gasteiger partial charge in [-0.05, 0) is 24.8 Å². The number of amides is 1. The average molecular weight is 308 g/mol. The largest absolute Gasteiger partial charge is 0.393 e. The molecule has 1 aromatic rings. The highest BCUT2D eigenvalue weighted by Crippen LogP contribution is 2.09. The number of benzene rings is 1. The van der Waals surface area contributed by atoms with Crippen molar-refractivity contribution in [3.63, 3.8) is 0 Å². The molecule has 0 fully saturated rings. The van der Waals surface area contributed by atoms with E-state index in [-0.39, 0.29) is 10.9 Å². The topological polar surface area (TPSA) is 64.3 Å². The Labute approximate surface area is 132 Å². The zero-order chi connectivity index (χ0) is 15.5. The van der Waals surface area contributed by atoms with Gasteiger partial charge in [-0.3, -0.25) is 4.79 Å². The van der Waals surface area contributed by atoms with Crippen molar-refractivity contribution in [3.8, 4) is 0 Å². The summed E-state index contributed by atoms with van der Waals surface area (Å²) in [4.78, 5) is 12.4. The normalized spacial score (nSPS) is 11.9. The van der Waals surface area contributed by atoms with Crippen molar-refractivity contribution in [2.24, 2.45) is 11.7 Å². The summed E-state index contributed by atoms with van der Waals surface area (Å²) < 4.78 is 5.37. The molecule has 4 nitrogen and oxygen atoms in total. The molecule has 1 unspecified atom stereocenters. The van der Waals surface area contributed by atoms with E-state index in [9.17, 15) is 4.79 Å². The Hall–Kier alpha value is -1.46. The van der Waals surface area contributed by atoms with Crippen molar-refractivity contribution in [1.29, 1.82) is 0 Å². The maximum atomic E-state index is 12.2. The first kappa shape index (κ1) is 17.6. The van der Waals surface area contributed by atoms with Gasteiger partial charge in [-0.25, -0.2) is 0 Å². The third-order valence-electron chi connectivity index (χ3n) is 3.06. The summed E-state index contributed by atoms with van der Waals surface area (Å²) in [5, 5.41) is 2.87. The molecule has 3 N–H and O–H groups in total. The highest BCUT2D eigenvalue weighted by molar-refractivity contribution is 7.80. The number of hydrogen-bond donors (Lipinski definition) is 2. The minimum absolute atomic E-state index is 0.109. The molecule has 0 aromatic heterocycles. The highest BCUT2D eigenvalue weighted by atomic mass is 32.1. The number of carbonyl (C=O) groups is 1. The molecule has 5 heteroatoms. The number of thiocarbonyl (C=S) groups is 1. The van der Waals surface area contributed by atoms with Crippen LogP contribution in [-0.2, 0) is 16.0 Å². The Morgan fingerprint density at radius 1 is 1.33 bits per heavy atom. The number of rotatable bonds is 10. The van der Waals surface area contributed by atoms with Crippen molar-refractivity contribution in [3.05, 3.63) is 35.9 Å². The molecule has 0 aliphatic carbocycles. The molecule has 0 spiro atoms. The number of nitrogens with two attached hydrogens (primary N) is 1. The van der Waals surface area contributed by atoms with Crippen LogP contribution in [0.5, 0.6) is 0 Å². The highest BCUT2D eigenvalue weighted by Gasteiger charge is 2.21. The number of nitrogens with one attached hydrogen (secondary N) is 1. The molecule has 0 heterocycles. The molecule has 1 amide bonds. The van der Waals surface area contributed by atoms with Crippen molar-refractivity contribution >= 4 is 23.1 Å². The predicted octanol–water partition coefficient (Wildman–Crippen LogP) is 2.06. The molecule has 0 aliphatic rings. The van der Waals surface area contributed by atoms with Crippen LogP contribution in [0.1, 0.15) is 25.3 Å². The molecule has 116 valence electrons. The van der Waals surface area contributed by atoms with Gasteiger partial charge in [0.1, 0.15) is 0 Å². The smallest absolute Gasteiger partial charge is 0.230 e. The fourth-order valence-electron chi connectivity index (χ4n) is 1.93. The number of carbonyl (C=O) groups excluding carboxylic acids is 1. The molecule has 0 saturated heterocycles. The van der Waals surface area contributed by atoms with Gasteiger partial charge in [-0.15, -0.1) is 0 Å². The molecule has 1 rings (SSSR count). The summed E-state index contributed by atoms with van der Waals surface area (Å²) in [7, 11) is 0. The van der Waals surface area contributed by atoms with Crippen LogP contribution in [0.3, 0.4) is 0 Å². The Morgan fingerprint density at radius 2 is 2.05 bits per heavy atom. The van der Waals surface area contributed by atoms with Crippen molar-refractivity contribution in [2.75, 3.05) is 19.8 Å². The van der Waals surface area contributed by atoms with Crippen LogP contribution in [0.25, 0.3) is 0 Å². The standard InChI is InChI=1S/C16H24N2O2S/c1-2-10-20-11-6-9-18-16(19)14(15(17)21)12-13-7-4-3-5-8-13/h3-5,7-8,14H,2,6,9-12H2,1H3,(H2,17,21)(H,18,19). The lowest BCUT2D eigenvalue weighted by Gasteiger charge is -2.15. The van der Waals surface area contributed by atoms with E-state index in [1.54, 1.807) is 0 Å². The second-order valence-electron chi connectivity index (χ2n) is 4.90. The third kappa shape index (κ3) is 7.20. The SMILES string of the molecule is CCCOCCCNC(=O)C(Cc1ccccc1)C(N)=S. The van der Waals surface area contributed by atoms with Crippen molar-refractivity contribution in [2.45, 2.75) is 26.2 Å². The van der Waals surface area contributed by atoms with Crippen molar-refractivity contribution < 1.29 is 9.53 Å². The number of hydrogen-bond acceptors (Lipinski definition) is 3. The molecule has 21 heavy (non-hydrogen) atoms. The van der Waals surface area contributed by atoms with Gasteiger partial charge in [-0.1, -0.05) is 49.5 Å². The second kappa shape index (κ2) is 10.3. The Morgan fingerprint density at radius 3 is 2.67 bits per heavy atom.